The molecule has 0 aliphatic rings. The molecule has 73 heavy (non-hydrogen) atoms. The lowest BCUT2D eigenvalue weighted by Gasteiger charge is -2.18. The van der Waals surface area contributed by atoms with Crippen molar-refractivity contribution in [1.82, 2.24) is 0 Å². The van der Waals surface area contributed by atoms with Crippen molar-refractivity contribution in [3.05, 3.63) is 146 Å². The first-order chi connectivity index (χ1) is 36.0. The zero-order valence-electron chi connectivity index (χ0n) is 46.8. The number of allylic oxidation sites excluding steroid dienone is 24. The van der Waals surface area contributed by atoms with Gasteiger partial charge in [-0.1, -0.05) is 231 Å². The van der Waals surface area contributed by atoms with Crippen LogP contribution >= 0.6 is 0 Å². The van der Waals surface area contributed by atoms with Crippen molar-refractivity contribution in [2.45, 2.75) is 245 Å². The predicted octanol–water partition coefficient (Wildman–Crippen LogP) is 20.0. The minimum atomic E-state index is -0.818. The number of hydrogen-bond acceptors (Lipinski definition) is 6. The number of unbranched alkanes of at least 4 members (excludes halogenated alkanes) is 16. The summed E-state index contributed by atoms with van der Waals surface area (Å²) in [5.41, 5.74) is 0. The van der Waals surface area contributed by atoms with Crippen molar-refractivity contribution in [1.29, 1.82) is 0 Å². The quantitative estimate of drug-likeness (QED) is 0.0261. The maximum Gasteiger partial charge on any atom is 0.306 e. The Morgan fingerprint density at radius 3 is 0.959 bits per heavy atom. The summed E-state index contributed by atoms with van der Waals surface area (Å²) >= 11 is 0. The molecule has 6 heteroatoms. The molecular formula is C67H106O6. The van der Waals surface area contributed by atoms with E-state index in [1.165, 1.54) is 44.9 Å². The highest BCUT2D eigenvalue weighted by molar-refractivity contribution is 5.71. The van der Waals surface area contributed by atoms with Gasteiger partial charge in [-0.25, -0.2) is 0 Å². The summed E-state index contributed by atoms with van der Waals surface area (Å²) in [5, 5.41) is 0. The normalized spacial score (nSPS) is 13.2. The minimum absolute atomic E-state index is 0.111. The van der Waals surface area contributed by atoms with Crippen LogP contribution in [-0.4, -0.2) is 37.2 Å². The van der Waals surface area contributed by atoms with Crippen molar-refractivity contribution >= 4 is 17.9 Å². The second-order valence-corrected chi connectivity index (χ2v) is 18.8. The van der Waals surface area contributed by atoms with E-state index in [-0.39, 0.29) is 37.5 Å². The fraction of sp³-hybridized carbons (Fsp3) is 0.597. The third-order valence-electron chi connectivity index (χ3n) is 11.8. The molecule has 0 rings (SSSR count). The molecule has 0 spiro atoms. The molecule has 410 valence electrons. The monoisotopic (exact) mass is 1010 g/mol. The highest BCUT2D eigenvalue weighted by Gasteiger charge is 2.19. The first-order valence-electron chi connectivity index (χ1n) is 29.3. The van der Waals surface area contributed by atoms with Crippen LogP contribution in [-0.2, 0) is 28.6 Å². The summed E-state index contributed by atoms with van der Waals surface area (Å²) in [6, 6.07) is 0. The van der Waals surface area contributed by atoms with E-state index in [9.17, 15) is 14.4 Å². The van der Waals surface area contributed by atoms with Gasteiger partial charge in [0, 0.05) is 19.3 Å². The largest absolute Gasteiger partial charge is 0.462 e. The first kappa shape index (κ1) is 68.3. The van der Waals surface area contributed by atoms with Crippen molar-refractivity contribution in [3.8, 4) is 0 Å². The zero-order chi connectivity index (χ0) is 52.9. The van der Waals surface area contributed by atoms with Gasteiger partial charge in [0.25, 0.3) is 0 Å². The first-order valence-corrected chi connectivity index (χ1v) is 29.3. The van der Waals surface area contributed by atoms with Gasteiger partial charge in [0.15, 0.2) is 6.10 Å². The second-order valence-electron chi connectivity index (χ2n) is 18.8. The fourth-order valence-electron chi connectivity index (χ4n) is 7.42. The third-order valence-corrected chi connectivity index (χ3v) is 11.8. The van der Waals surface area contributed by atoms with Gasteiger partial charge in [-0.2, -0.15) is 0 Å². The molecule has 0 saturated carbocycles. The lowest BCUT2D eigenvalue weighted by Crippen LogP contribution is -2.30. The average Bonchev–Trinajstić information content (AvgIpc) is 3.39. The summed E-state index contributed by atoms with van der Waals surface area (Å²) in [6.45, 7) is 6.36. The molecule has 1 atom stereocenters. The van der Waals surface area contributed by atoms with Gasteiger partial charge in [-0.15, -0.1) is 0 Å². The summed E-state index contributed by atoms with van der Waals surface area (Å²) in [4.78, 5) is 38.0. The Balaban J connectivity index is 4.42. The summed E-state index contributed by atoms with van der Waals surface area (Å²) in [6.07, 6.45) is 85.7. The molecule has 0 N–H and O–H groups in total. The van der Waals surface area contributed by atoms with Crippen LogP contribution in [0.1, 0.15) is 239 Å². The summed E-state index contributed by atoms with van der Waals surface area (Å²) in [5.74, 6) is -1.01. The molecule has 0 aromatic rings. The molecule has 0 aliphatic heterocycles. The van der Waals surface area contributed by atoms with Gasteiger partial charge in [0.05, 0.1) is 0 Å². The van der Waals surface area contributed by atoms with Crippen molar-refractivity contribution in [2.24, 2.45) is 0 Å². The lowest BCUT2D eigenvalue weighted by atomic mass is 10.1. The van der Waals surface area contributed by atoms with E-state index < -0.39 is 6.10 Å². The van der Waals surface area contributed by atoms with E-state index in [0.717, 1.165) is 148 Å². The Hall–Kier alpha value is -4.71. The van der Waals surface area contributed by atoms with Crippen LogP contribution in [0, 0.1) is 0 Å². The van der Waals surface area contributed by atoms with E-state index in [0.29, 0.717) is 19.3 Å². The third kappa shape index (κ3) is 58.1. The van der Waals surface area contributed by atoms with Gasteiger partial charge in [-0.05, 0) is 135 Å². The van der Waals surface area contributed by atoms with Crippen molar-refractivity contribution in [3.63, 3.8) is 0 Å². The van der Waals surface area contributed by atoms with Crippen molar-refractivity contribution in [2.75, 3.05) is 13.2 Å². The number of ether oxygens (including phenoxy) is 3. The van der Waals surface area contributed by atoms with Gasteiger partial charge < -0.3 is 14.2 Å². The lowest BCUT2D eigenvalue weighted by molar-refractivity contribution is -0.167. The standard InChI is InChI=1S/C67H106O6/c1-4-7-10-13-16-19-22-24-26-28-29-30-31-32-33-34-35-36-37-38-39-40-42-43-45-48-51-54-57-60-66(69)72-63-64(62-71-65(68)59-56-53-50-47-21-18-15-12-9-6-3)73-67(70)61-58-55-52-49-46-44-41-27-25-23-20-17-14-11-8-5-2/h7,10,12,15-16,19-20,23-24,26-27,29-30,32-33,35-36,38-39,41-43,48,51,64H,4-6,8-9,11,13-14,17-18,21-22,25,28,31,34,37,40,44-47,49-50,52-63H2,1-3H3/b10-7-,15-12-,19-16-,23-20-,26-24-,30-29-,33-32-,36-35-,39-38-,41-27-,43-42-,51-48-. The Morgan fingerprint density at radius 1 is 0.288 bits per heavy atom. The fourth-order valence-corrected chi connectivity index (χ4v) is 7.42. The Labute approximate surface area is 448 Å². The predicted molar refractivity (Wildman–Crippen MR) is 315 cm³/mol. The molecule has 0 saturated heterocycles. The number of esters is 3. The van der Waals surface area contributed by atoms with E-state index >= 15 is 0 Å². The molecule has 0 radical (unpaired) electrons. The summed E-state index contributed by atoms with van der Waals surface area (Å²) in [7, 11) is 0. The van der Waals surface area contributed by atoms with E-state index in [1.807, 2.05) is 0 Å². The van der Waals surface area contributed by atoms with Gasteiger partial charge in [0.2, 0.25) is 0 Å². The Kier molecular flexibility index (Phi) is 56.0. The highest BCUT2D eigenvalue weighted by atomic mass is 16.6. The molecule has 0 aliphatic carbocycles. The molecule has 6 nitrogen and oxygen atoms in total. The van der Waals surface area contributed by atoms with Gasteiger partial charge in [-0.3, -0.25) is 14.4 Å². The van der Waals surface area contributed by atoms with Crippen LogP contribution in [0.2, 0.25) is 0 Å². The van der Waals surface area contributed by atoms with Crippen LogP contribution in [0.3, 0.4) is 0 Å². The molecule has 0 amide bonds. The van der Waals surface area contributed by atoms with Crippen LogP contribution in [0.25, 0.3) is 0 Å². The molecule has 0 heterocycles. The number of rotatable bonds is 51. The zero-order valence-corrected chi connectivity index (χ0v) is 46.8. The molecule has 0 aromatic carbocycles. The van der Waals surface area contributed by atoms with Crippen molar-refractivity contribution < 1.29 is 28.6 Å². The van der Waals surface area contributed by atoms with Crippen LogP contribution < -0.4 is 0 Å². The Morgan fingerprint density at radius 2 is 0.575 bits per heavy atom. The van der Waals surface area contributed by atoms with Crippen LogP contribution in [0.5, 0.6) is 0 Å². The van der Waals surface area contributed by atoms with Gasteiger partial charge >= 0.3 is 17.9 Å². The number of hydrogen-bond donors (Lipinski definition) is 0. The Bertz CT molecular complexity index is 1630. The highest BCUT2D eigenvalue weighted by Crippen LogP contribution is 2.13. The molecule has 0 fully saturated rings. The smallest absolute Gasteiger partial charge is 0.306 e. The van der Waals surface area contributed by atoms with Crippen LogP contribution in [0.4, 0.5) is 0 Å². The van der Waals surface area contributed by atoms with E-state index in [1.54, 1.807) is 0 Å². The van der Waals surface area contributed by atoms with E-state index in [4.69, 9.17) is 14.2 Å². The topological polar surface area (TPSA) is 78.9 Å². The SMILES string of the molecule is CC/C=C\C/C=C\C/C=C\C/C=C\C/C=C\C/C=C\C/C=C\C/C=C\C/C=C\CCCC(=O)OCC(COC(=O)CCCCCCC/C=C\CCC)OC(=O)CCCCCCC/C=C\C/C=C\CCCCCC. The molecule has 0 aromatic heterocycles. The number of carbonyl (C=O) groups excluding carboxylic acids is 3. The molecule has 0 bridgehead atoms. The maximum absolute atomic E-state index is 12.8. The van der Waals surface area contributed by atoms with Crippen LogP contribution in [0.15, 0.2) is 146 Å². The minimum Gasteiger partial charge on any atom is -0.462 e. The average molecular weight is 1010 g/mol. The number of carbonyl (C=O) groups is 3. The van der Waals surface area contributed by atoms with E-state index in [2.05, 4.69) is 167 Å². The second kappa shape index (κ2) is 59.8. The van der Waals surface area contributed by atoms with Gasteiger partial charge in [0.1, 0.15) is 13.2 Å². The summed E-state index contributed by atoms with van der Waals surface area (Å²) < 4.78 is 16.8. The molecule has 1 unspecified atom stereocenters. The molecular weight excluding hydrogens is 901 g/mol. The maximum atomic E-state index is 12.8.